The number of ether oxygens (including phenoxy) is 1. The van der Waals surface area contributed by atoms with Crippen LogP contribution in [0.25, 0.3) is 0 Å². The third-order valence-corrected chi connectivity index (χ3v) is 13.3. The number of amides is 4. The molecule has 300 valence electrons. The van der Waals surface area contributed by atoms with Crippen molar-refractivity contribution in [3.63, 3.8) is 0 Å². The van der Waals surface area contributed by atoms with Gasteiger partial charge in [-0.05, 0) is 55.9 Å². The highest BCUT2D eigenvalue weighted by molar-refractivity contribution is 5.96. The molecule has 1 N–H and O–H groups in total. The normalized spacial score (nSPS) is 24.4. The lowest BCUT2D eigenvalue weighted by atomic mass is 9.70. The zero-order valence-electron chi connectivity index (χ0n) is 33.0. The van der Waals surface area contributed by atoms with Crippen molar-refractivity contribution in [1.29, 1.82) is 0 Å². The van der Waals surface area contributed by atoms with Gasteiger partial charge >= 0.3 is 0 Å². The average Bonchev–Trinajstić information content (AvgIpc) is 3.72. The standard InChI is InChI=1S/C42H56N8O6/c1-28(55-23-30-12-8-5-9-13-30)35(40(54)47-16-14-31(15-17-47)37-46-43-27-56-37)45-36(51)34-22-48(24-42(34)25-49(26-42)39(53)33-18-41(33,2)3)38(52)32-19-44-50(21-32)20-29-10-6-4-7-11-29/h4,6-7,10-11,19,21,27-28,30-31,33-35H,5,8-9,12-18,20,22-26H2,1-3H3,(H,45,51)/t28-,33-,34+,35+/m1/s1. The summed E-state index contributed by atoms with van der Waals surface area (Å²) in [5.41, 5.74) is 0.874. The average molecular weight is 769 g/mol. The van der Waals surface area contributed by atoms with E-state index in [1.54, 1.807) is 22.0 Å². The molecule has 4 amide bonds. The number of aromatic nitrogens is 4. The molecule has 14 nitrogen and oxygen atoms in total. The maximum absolute atomic E-state index is 14.7. The first-order valence-electron chi connectivity index (χ1n) is 20.6. The summed E-state index contributed by atoms with van der Waals surface area (Å²) in [7, 11) is 0. The summed E-state index contributed by atoms with van der Waals surface area (Å²) in [5.74, 6) is -0.0854. The van der Waals surface area contributed by atoms with Crippen LogP contribution in [0.3, 0.4) is 0 Å². The number of rotatable bonds is 12. The van der Waals surface area contributed by atoms with Crippen molar-refractivity contribution in [2.75, 3.05) is 45.9 Å². The monoisotopic (exact) mass is 768 g/mol. The Bertz CT molecular complexity index is 1860. The summed E-state index contributed by atoms with van der Waals surface area (Å²) in [4.78, 5) is 62.1. The van der Waals surface area contributed by atoms with Crippen LogP contribution >= 0.6 is 0 Å². The van der Waals surface area contributed by atoms with Gasteiger partial charge in [-0.3, -0.25) is 23.9 Å². The Morgan fingerprint density at radius 1 is 0.946 bits per heavy atom. The van der Waals surface area contributed by atoms with Crippen molar-refractivity contribution in [3.8, 4) is 0 Å². The molecule has 2 saturated carbocycles. The Balaban J connectivity index is 0.994. The van der Waals surface area contributed by atoms with Crippen molar-refractivity contribution in [3.05, 3.63) is 66.1 Å². The van der Waals surface area contributed by atoms with Crippen LogP contribution in [0, 0.1) is 28.6 Å². The fourth-order valence-corrected chi connectivity index (χ4v) is 9.57. The largest absolute Gasteiger partial charge is 0.428 e. The maximum Gasteiger partial charge on any atom is 0.257 e. The van der Waals surface area contributed by atoms with E-state index in [2.05, 4.69) is 34.5 Å². The molecule has 1 aromatic carbocycles. The van der Waals surface area contributed by atoms with Crippen molar-refractivity contribution in [1.82, 2.24) is 40.0 Å². The van der Waals surface area contributed by atoms with Crippen LogP contribution in [0.4, 0.5) is 0 Å². The predicted octanol–water partition coefficient (Wildman–Crippen LogP) is 4.14. The topological polar surface area (TPSA) is 156 Å². The van der Waals surface area contributed by atoms with Crippen molar-refractivity contribution < 1.29 is 28.3 Å². The summed E-state index contributed by atoms with van der Waals surface area (Å²) in [6.45, 7) is 9.46. The summed E-state index contributed by atoms with van der Waals surface area (Å²) >= 11 is 0. The van der Waals surface area contributed by atoms with E-state index in [4.69, 9.17) is 9.15 Å². The maximum atomic E-state index is 14.7. The minimum absolute atomic E-state index is 0.0185. The van der Waals surface area contributed by atoms with E-state index < -0.39 is 23.5 Å². The van der Waals surface area contributed by atoms with Crippen molar-refractivity contribution in [2.45, 2.75) is 96.7 Å². The van der Waals surface area contributed by atoms with Gasteiger partial charge in [-0.1, -0.05) is 63.4 Å². The number of nitrogens with zero attached hydrogens (tertiary/aromatic N) is 7. The van der Waals surface area contributed by atoms with Gasteiger partial charge in [-0.15, -0.1) is 10.2 Å². The molecule has 0 bridgehead atoms. The minimum Gasteiger partial charge on any atom is -0.428 e. The Kier molecular flexibility index (Phi) is 10.8. The Morgan fingerprint density at radius 3 is 2.34 bits per heavy atom. The third-order valence-electron chi connectivity index (χ3n) is 13.3. The molecule has 2 aromatic heterocycles. The Morgan fingerprint density at radius 2 is 1.66 bits per heavy atom. The van der Waals surface area contributed by atoms with Gasteiger partial charge in [0, 0.05) is 69.3 Å². The fraction of sp³-hybridized carbons (Fsp3) is 0.643. The summed E-state index contributed by atoms with van der Waals surface area (Å²) in [6, 6.07) is 9.02. The van der Waals surface area contributed by atoms with Gasteiger partial charge in [0.25, 0.3) is 5.91 Å². The lowest BCUT2D eigenvalue weighted by Crippen LogP contribution is -2.65. The number of hydrogen-bond acceptors (Lipinski definition) is 9. The molecule has 8 rings (SSSR count). The molecule has 3 saturated heterocycles. The van der Waals surface area contributed by atoms with Crippen LogP contribution in [0.15, 0.2) is 53.5 Å². The molecule has 56 heavy (non-hydrogen) atoms. The zero-order chi connectivity index (χ0) is 39.0. The lowest BCUT2D eigenvalue weighted by molar-refractivity contribution is -0.153. The van der Waals surface area contributed by atoms with Gasteiger partial charge in [-0.25, -0.2) is 0 Å². The van der Waals surface area contributed by atoms with Gasteiger partial charge in [0.2, 0.25) is 30.0 Å². The molecule has 5 aliphatic rings. The number of likely N-dealkylation sites (tertiary alicyclic amines) is 3. The second-order valence-electron chi connectivity index (χ2n) is 17.9. The van der Waals surface area contributed by atoms with Gasteiger partial charge in [0.05, 0.1) is 30.3 Å². The van der Waals surface area contributed by atoms with Crippen LogP contribution in [-0.2, 0) is 25.7 Å². The van der Waals surface area contributed by atoms with Crippen LogP contribution in [-0.4, -0.2) is 116 Å². The Hall–Kier alpha value is -4.59. The van der Waals surface area contributed by atoms with E-state index in [0.29, 0.717) is 76.1 Å². The van der Waals surface area contributed by atoms with E-state index >= 15 is 0 Å². The first kappa shape index (κ1) is 38.3. The fourth-order valence-electron chi connectivity index (χ4n) is 9.57. The number of nitrogens with one attached hydrogen (secondary N) is 1. The van der Waals surface area contributed by atoms with Gasteiger partial charge < -0.3 is 29.2 Å². The molecule has 2 aliphatic carbocycles. The van der Waals surface area contributed by atoms with E-state index in [1.165, 1.54) is 25.7 Å². The first-order chi connectivity index (χ1) is 27.0. The number of carbonyl (C=O) groups excluding carboxylic acids is 4. The number of benzene rings is 1. The molecular formula is C42H56N8O6. The molecular weight excluding hydrogens is 713 g/mol. The second kappa shape index (κ2) is 15.7. The van der Waals surface area contributed by atoms with E-state index in [0.717, 1.165) is 24.8 Å². The molecule has 0 unspecified atom stereocenters. The SMILES string of the molecule is C[C@@H](OCC1CCCCC1)[C@H](NC(=O)[C@@H]1CN(C(=O)c2cnn(Cc3ccccc3)c2)CC12CN(C(=O)[C@H]1CC1(C)C)C2)C(=O)N1CCC(c2nnco2)CC1. The van der Waals surface area contributed by atoms with Crippen LogP contribution in [0.2, 0.25) is 0 Å². The van der Waals surface area contributed by atoms with E-state index in [1.807, 2.05) is 47.1 Å². The van der Waals surface area contributed by atoms with E-state index in [-0.39, 0.29) is 47.4 Å². The zero-order valence-corrected chi connectivity index (χ0v) is 33.0. The summed E-state index contributed by atoms with van der Waals surface area (Å²) in [5, 5.41) is 15.6. The first-order valence-corrected chi connectivity index (χ1v) is 20.6. The predicted molar refractivity (Wildman–Crippen MR) is 205 cm³/mol. The molecule has 5 heterocycles. The molecule has 3 aliphatic heterocycles. The van der Waals surface area contributed by atoms with Gasteiger partial charge in [-0.2, -0.15) is 5.10 Å². The summed E-state index contributed by atoms with van der Waals surface area (Å²) < 4.78 is 13.6. The van der Waals surface area contributed by atoms with E-state index in [9.17, 15) is 19.2 Å². The van der Waals surface area contributed by atoms with Crippen LogP contribution in [0.1, 0.15) is 99.9 Å². The van der Waals surface area contributed by atoms with Crippen molar-refractivity contribution in [2.24, 2.45) is 28.6 Å². The minimum atomic E-state index is -0.908. The van der Waals surface area contributed by atoms with Crippen molar-refractivity contribution >= 4 is 23.6 Å². The van der Waals surface area contributed by atoms with Gasteiger partial charge in [0.1, 0.15) is 6.04 Å². The lowest BCUT2D eigenvalue weighted by Gasteiger charge is -2.50. The molecule has 0 radical (unpaired) electrons. The highest BCUT2D eigenvalue weighted by Gasteiger charge is 2.62. The van der Waals surface area contributed by atoms with Crippen LogP contribution in [0.5, 0.6) is 0 Å². The smallest absolute Gasteiger partial charge is 0.257 e. The molecule has 1 spiro atoms. The second-order valence-corrected chi connectivity index (χ2v) is 17.9. The summed E-state index contributed by atoms with van der Waals surface area (Å²) in [6.07, 6.45) is 12.1. The molecule has 4 atom stereocenters. The number of hydrogen-bond donors (Lipinski definition) is 1. The Labute approximate surface area is 328 Å². The number of piperidine rings is 1. The molecule has 14 heteroatoms. The molecule has 3 aromatic rings. The quantitative estimate of drug-likeness (QED) is 0.286. The third kappa shape index (κ3) is 7.99. The molecule has 5 fully saturated rings. The number of carbonyl (C=O) groups is 4. The van der Waals surface area contributed by atoms with Crippen LogP contribution < -0.4 is 5.32 Å². The highest BCUT2D eigenvalue weighted by Crippen LogP contribution is 2.54. The van der Waals surface area contributed by atoms with Gasteiger partial charge in [0.15, 0.2) is 0 Å². The highest BCUT2D eigenvalue weighted by atomic mass is 16.5.